The van der Waals surface area contributed by atoms with E-state index >= 15 is 0 Å². The third kappa shape index (κ3) is 6.81. The van der Waals surface area contributed by atoms with E-state index in [0.29, 0.717) is 24.8 Å². The number of ether oxygens (including phenoxy) is 1. The molecule has 1 amide bonds. The molecule has 138 valence electrons. The molecule has 0 bridgehead atoms. The molecule has 0 aliphatic heterocycles. The first-order valence-electron chi connectivity index (χ1n) is 8.08. The van der Waals surface area contributed by atoms with Crippen LogP contribution in [0.3, 0.4) is 0 Å². The van der Waals surface area contributed by atoms with Crippen LogP contribution in [0.25, 0.3) is 0 Å². The summed E-state index contributed by atoms with van der Waals surface area (Å²) in [4.78, 5) is 25.6. The first kappa shape index (κ1) is 19.4. The number of sulfonamides is 1. The Balaban J connectivity index is 1.92. The lowest BCUT2D eigenvalue weighted by Crippen LogP contribution is -2.38. The third-order valence-corrected chi connectivity index (χ3v) is 4.63. The molecule has 1 fully saturated rings. The van der Waals surface area contributed by atoms with Gasteiger partial charge in [0.05, 0.1) is 24.6 Å². The smallest absolute Gasteiger partial charge is 0.320 e. The van der Waals surface area contributed by atoms with E-state index in [0.717, 1.165) is 12.8 Å². The number of esters is 1. The second-order valence-corrected chi connectivity index (χ2v) is 7.60. The fourth-order valence-electron chi connectivity index (χ4n) is 2.37. The maximum atomic E-state index is 12.2. The molecule has 0 unspecified atom stereocenters. The molecule has 1 saturated carbocycles. The summed E-state index contributed by atoms with van der Waals surface area (Å²) < 4.78 is 27.4. The molecule has 9 heteroatoms. The molecule has 25 heavy (non-hydrogen) atoms. The number of rotatable bonds is 9. The van der Waals surface area contributed by atoms with E-state index < -0.39 is 10.0 Å². The van der Waals surface area contributed by atoms with E-state index in [4.69, 9.17) is 9.88 Å². The maximum absolute atomic E-state index is 12.2. The predicted octanol–water partition coefficient (Wildman–Crippen LogP) is 0.548. The van der Waals surface area contributed by atoms with Crippen molar-refractivity contribution >= 4 is 27.6 Å². The number of amides is 1. The summed E-state index contributed by atoms with van der Waals surface area (Å²) >= 11 is 0. The SMILES string of the molecule is CCOC(=O)CN(CC(=O)Nc1ccc(S(N)(=O)=O)cc1)CC1CC1. The maximum Gasteiger partial charge on any atom is 0.320 e. The zero-order valence-corrected chi connectivity index (χ0v) is 14.9. The van der Waals surface area contributed by atoms with Crippen molar-refractivity contribution in [3.05, 3.63) is 24.3 Å². The van der Waals surface area contributed by atoms with Crippen LogP contribution in [-0.2, 0) is 24.3 Å². The molecule has 3 N–H and O–H groups in total. The molecule has 1 aliphatic carbocycles. The van der Waals surface area contributed by atoms with Gasteiger partial charge in [-0.1, -0.05) is 0 Å². The van der Waals surface area contributed by atoms with Gasteiger partial charge in [-0.15, -0.1) is 0 Å². The van der Waals surface area contributed by atoms with E-state index in [-0.39, 0.29) is 29.9 Å². The highest BCUT2D eigenvalue weighted by Crippen LogP contribution is 2.29. The Morgan fingerprint density at radius 2 is 1.88 bits per heavy atom. The van der Waals surface area contributed by atoms with E-state index in [2.05, 4.69) is 5.32 Å². The Labute approximate surface area is 147 Å². The number of nitrogens with one attached hydrogen (secondary N) is 1. The quantitative estimate of drug-likeness (QED) is 0.614. The summed E-state index contributed by atoms with van der Waals surface area (Å²) in [5.74, 6) is -0.113. The molecule has 0 saturated heterocycles. The number of hydrogen-bond donors (Lipinski definition) is 2. The van der Waals surface area contributed by atoms with Gasteiger partial charge in [-0.25, -0.2) is 13.6 Å². The van der Waals surface area contributed by atoms with Crippen molar-refractivity contribution in [1.29, 1.82) is 0 Å². The lowest BCUT2D eigenvalue weighted by Gasteiger charge is -2.20. The molecule has 0 radical (unpaired) electrons. The average Bonchev–Trinajstić information content (AvgIpc) is 3.30. The van der Waals surface area contributed by atoms with Crippen molar-refractivity contribution in [3.8, 4) is 0 Å². The van der Waals surface area contributed by atoms with Gasteiger partial charge in [0, 0.05) is 12.2 Å². The largest absolute Gasteiger partial charge is 0.465 e. The first-order chi connectivity index (χ1) is 11.8. The van der Waals surface area contributed by atoms with Gasteiger partial charge >= 0.3 is 5.97 Å². The van der Waals surface area contributed by atoms with Crippen LogP contribution in [0.2, 0.25) is 0 Å². The Bertz CT molecular complexity index is 714. The van der Waals surface area contributed by atoms with Gasteiger partial charge in [0.1, 0.15) is 0 Å². The predicted molar refractivity (Wildman–Crippen MR) is 92.2 cm³/mol. The summed E-state index contributed by atoms with van der Waals surface area (Å²) in [6, 6.07) is 5.58. The highest BCUT2D eigenvalue weighted by atomic mass is 32.2. The molecule has 1 aromatic carbocycles. The topological polar surface area (TPSA) is 119 Å². The minimum absolute atomic E-state index is 0.0248. The molecule has 1 aromatic rings. The standard InChI is InChI=1S/C16H23N3O5S/c1-2-24-16(21)11-19(9-12-3-4-12)10-15(20)18-13-5-7-14(8-6-13)25(17,22)23/h5-8,12H,2-4,9-11H2,1H3,(H,18,20)(H2,17,22,23). The van der Waals surface area contributed by atoms with Crippen LogP contribution in [0.15, 0.2) is 29.2 Å². The molecule has 8 nitrogen and oxygen atoms in total. The van der Waals surface area contributed by atoms with E-state index in [1.807, 2.05) is 0 Å². The molecule has 0 heterocycles. The van der Waals surface area contributed by atoms with Crippen LogP contribution in [0.5, 0.6) is 0 Å². The van der Waals surface area contributed by atoms with E-state index in [1.165, 1.54) is 24.3 Å². The van der Waals surface area contributed by atoms with Gasteiger partial charge in [-0.05, 0) is 49.9 Å². The molecule has 2 rings (SSSR count). The molecular formula is C16H23N3O5S. The Morgan fingerprint density at radius 1 is 1.24 bits per heavy atom. The number of hydrogen-bond acceptors (Lipinski definition) is 6. The number of carbonyl (C=O) groups is 2. The number of carbonyl (C=O) groups excluding carboxylic acids is 2. The number of primary sulfonamides is 1. The van der Waals surface area contributed by atoms with Gasteiger partial charge in [0.2, 0.25) is 15.9 Å². The van der Waals surface area contributed by atoms with Crippen molar-refractivity contribution in [2.24, 2.45) is 11.1 Å². The highest BCUT2D eigenvalue weighted by Gasteiger charge is 2.26. The van der Waals surface area contributed by atoms with Crippen molar-refractivity contribution < 1.29 is 22.7 Å². The van der Waals surface area contributed by atoms with E-state index in [9.17, 15) is 18.0 Å². The lowest BCUT2D eigenvalue weighted by molar-refractivity contribution is -0.144. The Hall–Kier alpha value is -1.97. The van der Waals surface area contributed by atoms with Gasteiger partial charge in [-0.2, -0.15) is 0 Å². The van der Waals surface area contributed by atoms with Crippen molar-refractivity contribution in [3.63, 3.8) is 0 Å². The Morgan fingerprint density at radius 3 is 2.40 bits per heavy atom. The molecule has 1 aliphatic rings. The number of nitrogens with zero attached hydrogens (tertiary/aromatic N) is 1. The van der Waals surface area contributed by atoms with Crippen molar-refractivity contribution in [1.82, 2.24) is 4.90 Å². The molecule has 0 aromatic heterocycles. The minimum atomic E-state index is -3.76. The van der Waals surface area contributed by atoms with Crippen LogP contribution >= 0.6 is 0 Å². The monoisotopic (exact) mass is 369 g/mol. The van der Waals surface area contributed by atoms with Crippen molar-refractivity contribution in [2.75, 3.05) is 31.6 Å². The first-order valence-corrected chi connectivity index (χ1v) is 9.63. The summed E-state index contributed by atoms with van der Waals surface area (Å²) in [5, 5.41) is 7.71. The van der Waals surface area contributed by atoms with Gasteiger partial charge in [0.25, 0.3) is 0 Å². The van der Waals surface area contributed by atoms with Gasteiger partial charge in [-0.3, -0.25) is 14.5 Å². The summed E-state index contributed by atoms with van der Waals surface area (Å²) in [7, 11) is -3.76. The fourth-order valence-corrected chi connectivity index (χ4v) is 2.89. The summed E-state index contributed by atoms with van der Waals surface area (Å²) in [6.07, 6.45) is 2.21. The zero-order valence-electron chi connectivity index (χ0n) is 14.1. The number of anilines is 1. The van der Waals surface area contributed by atoms with E-state index in [1.54, 1.807) is 11.8 Å². The van der Waals surface area contributed by atoms with Crippen LogP contribution in [0, 0.1) is 5.92 Å². The van der Waals surface area contributed by atoms with Gasteiger partial charge < -0.3 is 10.1 Å². The lowest BCUT2D eigenvalue weighted by atomic mass is 10.3. The van der Waals surface area contributed by atoms with Crippen LogP contribution in [-0.4, -0.2) is 51.4 Å². The number of benzene rings is 1. The third-order valence-electron chi connectivity index (χ3n) is 3.71. The molecule has 0 spiro atoms. The van der Waals surface area contributed by atoms with Crippen LogP contribution in [0.4, 0.5) is 5.69 Å². The number of nitrogens with two attached hydrogens (primary N) is 1. The minimum Gasteiger partial charge on any atom is -0.465 e. The normalized spacial score (nSPS) is 14.4. The molecular weight excluding hydrogens is 346 g/mol. The second-order valence-electron chi connectivity index (χ2n) is 6.04. The summed E-state index contributed by atoms with van der Waals surface area (Å²) in [5.41, 5.74) is 0.458. The van der Waals surface area contributed by atoms with Crippen molar-refractivity contribution in [2.45, 2.75) is 24.7 Å². The fraction of sp³-hybridized carbons (Fsp3) is 0.500. The van der Waals surface area contributed by atoms with Gasteiger partial charge in [0.15, 0.2) is 0 Å². The highest BCUT2D eigenvalue weighted by molar-refractivity contribution is 7.89. The zero-order chi connectivity index (χ0) is 18.4. The average molecular weight is 369 g/mol. The summed E-state index contributed by atoms with van der Waals surface area (Å²) in [6.45, 7) is 2.85. The molecule has 0 atom stereocenters. The van der Waals surface area contributed by atoms with Crippen LogP contribution in [0.1, 0.15) is 19.8 Å². The Kier molecular flexibility index (Phi) is 6.51. The van der Waals surface area contributed by atoms with Crippen LogP contribution < -0.4 is 10.5 Å². The second kappa shape index (κ2) is 8.41.